The zero-order valence-electron chi connectivity index (χ0n) is 13.8. The van der Waals surface area contributed by atoms with Gasteiger partial charge in [-0.1, -0.05) is 25.5 Å². The fourth-order valence-electron chi connectivity index (χ4n) is 2.34. The van der Waals surface area contributed by atoms with E-state index in [0.29, 0.717) is 13.0 Å². The largest absolute Gasteiger partial charge is 0.726 e. The van der Waals surface area contributed by atoms with Gasteiger partial charge in [-0.15, -0.1) is 0 Å². The van der Waals surface area contributed by atoms with Crippen LogP contribution in [-0.2, 0) is 33.6 Å². The molecule has 0 saturated carbocycles. The molecule has 0 unspecified atom stereocenters. The van der Waals surface area contributed by atoms with Gasteiger partial charge in [0.05, 0.1) is 18.8 Å². The van der Waals surface area contributed by atoms with E-state index in [4.69, 9.17) is 22.1 Å². The maximum atomic E-state index is 10.8. The molecule has 0 aliphatic rings. The quantitative estimate of drug-likeness (QED) is 0.405. The van der Waals surface area contributed by atoms with Crippen LogP contribution in [0.4, 0.5) is 0 Å². The summed E-state index contributed by atoms with van der Waals surface area (Å²) >= 11 is 0. The zero-order chi connectivity index (χ0) is 19.1. The summed E-state index contributed by atoms with van der Waals surface area (Å²) in [4.78, 5) is 0. The Bertz CT molecular complexity index is 881. The van der Waals surface area contributed by atoms with Crippen molar-refractivity contribution in [2.45, 2.75) is 39.3 Å². The number of aromatic nitrogens is 2. The molecule has 2 aromatic rings. The van der Waals surface area contributed by atoms with Crippen LogP contribution in [0.25, 0.3) is 11.0 Å². The van der Waals surface area contributed by atoms with E-state index in [-0.39, 0.29) is 5.75 Å². The number of imidazole rings is 1. The third kappa shape index (κ3) is 8.93. The fraction of sp³-hybridized carbons (Fsp3) is 0.500. The molecule has 0 saturated heterocycles. The van der Waals surface area contributed by atoms with Crippen molar-refractivity contribution in [2.24, 2.45) is 0 Å². The van der Waals surface area contributed by atoms with Gasteiger partial charge in [0.1, 0.15) is 0 Å². The Labute approximate surface area is 147 Å². The highest BCUT2D eigenvalue weighted by molar-refractivity contribution is 7.85. The predicted octanol–water partition coefficient (Wildman–Crippen LogP) is 1.01. The van der Waals surface area contributed by atoms with Gasteiger partial charge in [-0.2, -0.15) is 8.42 Å². The van der Waals surface area contributed by atoms with Gasteiger partial charge in [0, 0.05) is 6.42 Å². The minimum absolute atomic E-state index is 0.200. The Hall–Kier alpha value is -1.53. The van der Waals surface area contributed by atoms with Crippen molar-refractivity contribution in [3.05, 3.63) is 30.6 Å². The number of benzene rings is 1. The number of hydrogen-bond acceptors (Lipinski definition) is 5. The zero-order valence-corrected chi connectivity index (χ0v) is 15.4. The summed E-state index contributed by atoms with van der Waals surface area (Å²) < 4.78 is 67.4. The fourth-order valence-corrected chi connectivity index (χ4v) is 2.84. The van der Waals surface area contributed by atoms with Crippen molar-refractivity contribution in [3.63, 3.8) is 0 Å². The Morgan fingerprint density at radius 2 is 1.72 bits per heavy atom. The minimum Gasteiger partial charge on any atom is -0.726 e. The average Bonchev–Trinajstić information content (AvgIpc) is 2.81. The lowest BCUT2D eigenvalue weighted by Gasteiger charge is -1.96. The normalized spacial score (nSPS) is 12.0. The lowest BCUT2D eigenvalue weighted by molar-refractivity contribution is -0.672. The van der Waals surface area contributed by atoms with E-state index in [9.17, 15) is 8.42 Å². The van der Waals surface area contributed by atoms with Crippen LogP contribution in [-0.4, -0.2) is 40.8 Å². The summed E-state index contributed by atoms with van der Waals surface area (Å²) in [6, 6.07) is 8.09. The number of nitrogens with zero attached hydrogens (tertiary/aromatic N) is 2. The van der Waals surface area contributed by atoms with Crippen molar-refractivity contribution in [1.82, 2.24) is 4.57 Å². The van der Waals surface area contributed by atoms with Gasteiger partial charge in [-0.3, -0.25) is 9.11 Å². The van der Waals surface area contributed by atoms with Gasteiger partial charge >= 0.3 is 0 Å². The lowest BCUT2D eigenvalue weighted by Crippen LogP contribution is -2.33. The molecule has 0 bridgehead atoms. The van der Waals surface area contributed by atoms with E-state index < -0.39 is 20.5 Å². The molecule has 25 heavy (non-hydrogen) atoms. The van der Waals surface area contributed by atoms with E-state index >= 15 is 0 Å². The molecule has 0 spiro atoms. The molecule has 11 heteroatoms. The second-order valence-electron chi connectivity index (χ2n) is 5.41. The van der Waals surface area contributed by atoms with Crippen molar-refractivity contribution < 1.29 is 35.1 Å². The number of unbranched alkanes of at least 4 members (excludes halogenated alkanes) is 1. The molecule has 1 aromatic heterocycles. The van der Waals surface area contributed by atoms with Gasteiger partial charge in [-0.25, -0.2) is 17.6 Å². The average molecular weight is 394 g/mol. The molecule has 9 nitrogen and oxygen atoms in total. The second-order valence-corrected chi connectivity index (χ2v) is 7.84. The maximum Gasteiger partial charge on any atom is 0.265 e. The Morgan fingerprint density at radius 1 is 1.12 bits per heavy atom. The van der Waals surface area contributed by atoms with E-state index in [2.05, 4.69) is 22.1 Å². The highest BCUT2D eigenvalue weighted by atomic mass is 32.3. The lowest BCUT2D eigenvalue weighted by atomic mass is 10.3. The van der Waals surface area contributed by atoms with Gasteiger partial charge in [0.25, 0.3) is 10.1 Å². The van der Waals surface area contributed by atoms with Crippen molar-refractivity contribution in [1.29, 1.82) is 0 Å². The number of para-hydroxylation sites is 2. The van der Waals surface area contributed by atoms with Crippen LogP contribution in [0.15, 0.2) is 30.6 Å². The van der Waals surface area contributed by atoms with E-state index in [1.807, 2.05) is 24.5 Å². The van der Waals surface area contributed by atoms with Crippen molar-refractivity contribution >= 4 is 31.6 Å². The molecule has 0 atom stereocenters. The van der Waals surface area contributed by atoms with Gasteiger partial charge in [0.15, 0.2) is 11.0 Å². The smallest absolute Gasteiger partial charge is 0.265 e. The molecule has 2 N–H and O–H groups in total. The molecule has 142 valence electrons. The molecule has 2 rings (SSSR count). The molecule has 1 heterocycles. The molecular weight excluding hydrogens is 372 g/mol. The van der Waals surface area contributed by atoms with E-state index in [1.165, 1.54) is 0 Å². The first kappa shape index (κ1) is 21.5. The highest BCUT2D eigenvalue weighted by Crippen LogP contribution is 2.12. The summed E-state index contributed by atoms with van der Waals surface area (Å²) in [5, 5.41) is 0. The number of aryl methyl sites for hydroxylation is 2. The summed E-state index contributed by atoms with van der Waals surface area (Å²) in [7, 11) is -8.79. The summed E-state index contributed by atoms with van der Waals surface area (Å²) in [6.07, 6.45) is 4.69. The maximum absolute atomic E-state index is 10.8. The molecule has 0 aliphatic heterocycles. The van der Waals surface area contributed by atoms with Crippen molar-refractivity contribution in [2.75, 3.05) is 5.75 Å². The summed E-state index contributed by atoms with van der Waals surface area (Å²) in [5.41, 5.74) is 2.26. The van der Waals surface area contributed by atoms with E-state index in [0.717, 1.165) is 30.4 Å². The van der Waals surface area contributed by atoms with Gasteiger partial charge < -0.3 is 4.55 Å². The third-order valence-electron chi connectivity index (χ3n) is 3.33. The van der Waals surface area contributed by atoms with Gasteiger partial charge in [-0.05, 0) is 18.6 Å². The minimum atomic E-state index is -4.92. The Morgan fingerprint density at radius 3 is 2.28 bits per heavy atom. The van der Waals surface area contributed by atoms with E-state index in [1.54, 1.807) is 0 Å². The third-order valence-corrected chi connectivity index (χ3v) is 4.14. The van der Waals surface area contributed by atoms with Crippen LogP contribution < -0.4 is 4.57 Å². The monoisotopic (exact) mass is 394 g/mol. The van der Waals surface area contributed by atoms with Gasteiger partial charge in [0.2, 0.25) is 16.7 Å². The predicted molar refractivity (Wildman–Crippen MR) is 90.4 cm³/mol. The highest BCUT2D eigenvalue weighted by Gasteiger charge is 2.15. The van der Waals surface area contributed by atoms with Crippen molar-refractivity contribution in [3.8, 4) is 0 Å². The van der Waals surface area contributed by atoms with Crippen LogP contribution in [0, 0.1) is 0 Å². The topological polar surface area (TPSA) is 141 Å². The Kier molecular flexibility index (Phi) is 7.96. The molecule has 0 radical (unpaired) electrons. The van der Waals surface area contributed by atoms with Crippen LogP contribution in [0.5, 0.6) is 0 Å². The molecule has 0 fully saturated rings. The first-order valence-corrected chi connectivity index (χ1v) is 10.6. The van der Waals surface area contributed by atoms with Crippen LogP contribution >= 0.6 is 0 Å². The SMILES string of the molecule is CCCCn1c[n+](CCCS(=O)(=O)O)c2ccccc21.O=S(=O)([O-])O. The standard InChI is InChI=1S/C14H20N2O3S.H2O4S/c1-2-3-9-15-12-16(10-6-11-20(17,18)19)14-8-5-4-7-13(14)15;1-5(2,3)4/h4-5,7-8,12H,2-3,6,9-11H2,1H3;(H2,1,2,3,4). The van der Waals surface area contributed by atoms with Crippen LogP contribution in [0.2, 0.25) is 0 Å². The summed E-state index contributed by atoms with van der Waals surface area (Å²) in [6.45, 7) is 3.70. The second kappa shape index (κ2) is 9.25. The first-order valence-electron chi connectivity index (χ1n) is 7.62. The first-order chi connectivity index (χ1) is 11.5. The molecule has 0 aliphatic carbocycles. The number of hydrogen-bond donors (Lipinski definition) is 2. The Balaban J connectivity index is 0.000000550. The molecular formula is C14H22N2O7S2. The van der Waals surface area contributed by atoms with Crippen LogP contribution in [0.3, 0.4) is 0 Å². The van der Waals surface area contributed by atoms with Crippen LogP contribution in [0.1, 0.15) is 26.2 Å². The molecule has 0 amide bonds. The number of rotatable bonds is 7. The number of fused-ring (bicyclic) bond motifs is 1. The summed E-state index contributed by atoms with van der Waals surface area (Å²) in [5.74, 6) is -0.200. The molecule has 1 aromatic carbocycles.